The molecule has 1 fully saturated rings. The maximum atomic E-state index is 13.2. The van der Waals surface area contributed by atoms with Gasteiger partial charge < -0.3 is 14.6 Å². The first-order valence-corrected chi connectivity index (χ1v) is 12.6. The predicted octanol–water partition coefficient (Wildman–Crippen LogP) is 4.43. The van der Waals surface area contributed by atoms with Crippen LogP contribution in [-0.4, -0.2) is 82.1 Å². The minimum absolute atomic E-state index is 0. The van der Waals surface area contributed by atoms with Gasteiger partial charge in [0, 0.05) is 65.9 Å². The second kappa shape index (κ2) is 12.7. The first kappa shape index (κ1) is 29.6. The van der Waals surface area contributed by atoms with Crippen LogP contribution in [0.4, 0.5) is 0 Å². The van der Waals surface area contributed by atoms with E-state index in [1.807, 2.05) is 28.0 Å². The van der Waals surface area contributed by atoms with Gasteiger partial charge in [0.25, 0.3) is 0 Å². The average Bonchev–Trinajstić information content (AvgIpc) is 3.12. The fraction of sp³-hybridized carbons (Fsp3) is 0.385. The minimum Gasteiger partial charge on any atom is -0.480 e. The third-order valence-corrected chi connectivity index (χ3v) is 7.40. The molecule has 0 spiro atoms. The molecule has 11 heteroatoms. The van der Waals surface area contributed by atoms with Gasteiger partial charge in [-0.3, -0.25) is 19.4 Å². The Labute approximate surface area is 238 Å². The standard InChI is InChI=1S/C26H28Cl2N4O3.2ClH/c27-19-11-18(12-20(28)13-19)14-32-23-4-2-1-3-21(23)22-5-6-31(15-24(22)32)25(33)16-29-7-9-30(10-8-29)17-26(34)35;;/h1-4,11-13H,5-10,14-17H2,(H,34,35);2*1H. The largest absolute Gasteiger partial charge is 0.480 e. The number of hydrogen-bond acceptors (Lipinski definition) is 4. The monoisotopic (exact) mass is 586 g/mol. The van der Waals surface area contributed by atoms with Crippen molar-refractivity contribution in [1.82, 2.24) is 19.3 Å². The molecule has 200 valence electrons. The molecule has 0 unspecified atom stereocenters. The van der Waals surface area contributed by atoms with Crippen LogP contribution in [0.2, 0.25) is 10.0 Å². The van der Waals surface area contributed by atoms with E-state index in [1.54, 1.807) is 6.07 Å². The van der Waals surface area contributed by atoms with Crippen LogP contribution in [0.25, 0.3) is 10.9 Å². The quantitative estimate of drug-likeness (QED) is 0.462. The van der Waals surface area contributed by atoms with E-state index in [2.05, 4.69) is 27.7 Å². The number of carbonyl (C=O) groups excluding carboxylic acids is 1. The molecule has 2 aliphatic heterocycles. The van der Waals surface area contributed by atoms with Gasteiger partial charge in [-0.15, -0.1) is 24.8 Å². The minimum atomic E-state index is -0.811. The van der Waals surface area contributed by atoms with Crippen LogP contribution in [0, 0.1) is 0 Å². The summed E-state index contributed by atoms with van der Waals surface area (Å²) >= 11 is 12.5. The lowest BCUT2D eigenvalue weighted by molar-refractivity contribution is -0.139. The number of halogens is 4. The van der Waals surface area contributed by atoms with Crippen LogP contribution in [0.15, 0.2) is 42.5 Å². The van der Waals surface area contributed by atoms with Crippen LogP contribution in [0.3, 0.4) is 0 Å². The normalized spacial score (nSPS) is 16.1. The van der Waals surface area contributed by atoms with Gasteiger partial charge in [-0.25, -0.2) is 0 Å². The van der Waals surface area contributed by atoms with Crippen molar-refractivity contribution in [3.8, 4) is 0 Å². The van der Waals surface area contributed by atoms with Crippen molar-refractivity contribution < 1.29 is 14.7 Å². The maximum Gasteiger partial charge on any atom is 0.317 e. The summed E-state index contributed by atoms with van der Waals surface area (Å²) in [5.41, 5.74) is 4.64. The van der Waals surface area contributed by atoms with Crippen molar-refractivity contribution in [1.29, 1.82) is 0 Å². The highest BCUT2D eigenvalue weighted by atomic mass is 35.5. The Hall–Kier alpha value is -2.00. The van der Waals surface area contributed by atoms with Crippen LogP contribution < -0.4 is 0 Å². The van der Waals surface area contributed by atoms with E-state index in [0.717, 1.165) is 23.2 Å². The van der Waals surface area contributed by atoms with Crippen LogP contribution in [-0.2, 0) is 29.1 Å². The number of rotatable bonds is 6. The molecule has 37 heavy (non-hydrogen) atoms. The van der Waals surface area contributed by atoms with E-state index in [9.17, 15) is 9.59 Å². The fourth-order valence-electron chi connectivity index (χ4n) is 5.26. The summed E-state index contributed by atoms with van der Waals surface area (Å²) in [6.07, 6.45) is 0.817. The number of fused-ring (bicyclic) bond motifs is 3. The highest BCUT2D eigenvalue weighted by Gasteiger charge is 2.28. The number of benzene rings is 2. The van der Waals surface area contributed by atoms with Gasteiger partial charge >= 0.3 is 5.97 Å². The van der Waals surface area contributed by atoms with Gasteiger partial charge in [0.1, 0.15) is 0 Å². The van der Waals surface area contributed by atoms with Gasteiger partial charge in [-0.05, 0) is 41.8 Å². The molecule has 3 aromatic rings. The summed E-state index contributed by atoms with van der Waals surface area (Å²) in [4.78, 5) is 30.2. The number of carboxylic acid groups (broad SMARTS) is 1. The number of carbonyl (C=O) groups is 2. The number of nitrogens with zero attached hydrogens (tertiary/aromatic N) is 4. The van der Waals surface area contributed by atoms with Crippen LogP contribution in [0.5, 0.6) is 0 Å². The molecule has 3 heterocycles. The molecule has 0 bridgehead atoms. The highest BCUT2D eigenvalue weighted by molar-refractivity contribution is 6.34. The second-order valence-corrected chi connectivity index (χ2v) is 10.2. The van der Waals surface area contributed by atoms with Crippen molar-refractivity contribution in [3.05, 3.63) is 69.3 Å². The molecule has 2 aromatic carbocycles. The fourth-order valence-corrected chi connectivity index (χ4v) is 5.83. The Balaban J connectivity index is 0.00000190. The van der Waals surface area contributed by atoms with E-state index >= 15 is 0 Å². The molecule has 0 aliphatic carbocycles. The summed E-state index contributed by atoms with van der Waals surface area (Å²) in [6, 6.07) is 14.0. The third kappa shape index (κ3) is 6.72. The third-order valence-electron chi connectivity index (χ3n) is 6.96. The summed E-state index contributed by atoms with van der Waals surface area (Å²) in [6.45, 7) is 5.04. The zero-order valence-electron chi connectivity index (χ0n) is 20.2. The number of hydrogen-bond donors (Lipinski definition) is 1. The molecule has 7 nitrogen and oxygen atoms in total. The zero-order valence-corrected chi connectivity index (χ0v) is 23.4. The first-order chi connectivity index (χ1) is 16.9. The van der Waals surface area contributed by atoms with E-state index in [0.29, 0.717) is 62.4 Å². The Bertz CT molecular complexity index is 1250. The molecule has 0 atom stereocenters. The van der Waals surface area contributed by atoms with E-state index in [4.69, 9.17) is 28.3 Å². The molecule has 0 radical (unpaired) electrons. The molecule has 2 aliphatic rings. The van der Waals surface area contributed by atoms with Crippen molar-refractivity contribution in [3.63, 3.8) is 0 Å². The lowest BCUT2D eigenvalue weighted by atomic mass is 10.0. The SMILES string of the molecule is Cl.Cl.O=C(O)CN1CCN(CC(=O)N2CCc3c(n(Cc4cc(Cl)cc(Cl)c4)c4ccccc34)C2)CC1. The number of aromatic nitrogens is 1. The molecule has 1 amide bonds. The van der Waals surface area contributed by atoms with Gasteiger partial charge in [0.05, 0.1) is 19.6 Å². The van der Waals surface area contributed by atoms with E-state index in [-0.39, 0.29) is 37.3 Å². The van der Waals surface area contributed by atoms with Crippen molar-refractivity contribution in [2.75, 3.05) is 45.8 Å². The Morgan fingerprint density at radius 3 is 2.14 bits per heavy atom. The van der Waals surface area contributed by atoms with Gasteiger partial charge in [-0.2, -0.15) is 0 Å². The maximum absolute atomic E-state index is 13.2. The lowest BCUT2D eigenvalue weighted by Crippen LogP contribution is -2.51. The number of piperazine rings is 1. The Morgan fingerprint density at radius 1 is 0.865 bits per heavy atom. The van der Waals surface area contributed by atoms with Crippen molar-refractivity contribution in [2.45, 2.75) is 19.5 Å². The zero-order chi connectivity index (χ0) is 24.5. The summed E-state index contributed by atoms with van der Waals surface area (Å²) in [5.74, 6) is -0.695. The average molecular weight is 588 g/mol. The molecular formula is C26H30Cl4N4O3. The van der Waals surface area contributed by atoms with E-state index < -0.39 is 5.97 Å². The molecular weight excluding hydrogens is 558 g/mol. The first-order valence-electron chi connectivity index (χ1n) is 11.9. The Kier molecular flexibility index (Phi) is 10.1. The van der Waals surface area contributed by atoms with Gasteiger partial charge in [-0.1, -0.05) is 41.4 Å². The summed E-state index contributed by atoms with van der Waals surface area (Å²) in [7, 11) is 0. The highest BCUT2D eigenvalue weighted by Crippen LogP contribution is 2.32. The van der Waals surface area contributed by atoms with Crippen LogP contribution >= 0.6 is 48.0 Å². The van der Waals surface area contributed by atoms with Crippen molar-refractivity contribution >= 4 is 70.8 Å². The second-order valence-electron chi connectivity index (χ2n) is 9.32. The molecule has 0 saturated carbocycles. The number of aliphatic carboxylic acids is 1. The predicted molar refractivity (Wildman–Crippen MR) is 152 cm³/mol. The molecule has 1 aromatic heterocycles. The number of carboxylic acids is 1. The van der Waals surface area contributed by atoms with E-state index in [1.165, 1.54) is 10.9 Å². The van der Waals surface area contributed by atoms with Gasteiger partial charge in [0.15, 0.2) is 0 Å². The molecule has 1 saturated heterocycles. The molecule has 5 rings (SSSR count). The van der Waals surface area contributed by atoms with Crippen LogP contribution in [0.1, 0.15) is 16.8 Å². The summed E-state index contributed by atoms with van der Waals surface area (Å²) in [5, 5.41) is 11.4. The smallest absolute Gasteiger partial charge is 0.317 e. The summed E-state index contributed by atoms with van der Waals surface area (Å²) < 4.78 is 2.29. The number of para-hydroxylation sites is 1. The molecule has 1 N–H and O–H groups in total. The lowest BCUT2D eigenvalue weighted by Gasteiger charge is -2.35. The van der Waals surface area contributed by atoms with Crippen molar-refractivity contribution in [2.24, 2.45) is 0 Å². The topological polar surface area (TPSA) is 69.0 Å². The number of amides is 1. The Morgan fingerprint density at radius 2 is 1.49 bits per heavy atom. The van der Waals surface area contributed by atoms with Gasteiger partial charge in [0.2, 0.25) is 5.91 Å².